The van der Waals surface area contributed by atoms with Gasteiger partial charge in [0.15, 0.2) is 11.4 Å². The van der Waals surface area contributed by atoms with Gasteiger partial charge in [0.25, 0.3) is 0 Å². The lowest BCUT2D eigenvalue weighted by molar-refractivity contribution is 0.0860. The molecule has 154 valence electrons. The van der Waals surface area contributed by atoms with E-state index in [1.807, 2.05) is 50.4 Å². The van der Waals surface area contributed by atoms with Gasteiger partial charge in [-0.3, -0.25) is 4.79 Å². The van der Waals surface area contributed by atoms with Crippen LogP contribution in [-0.4, -0.2) is 25.7 Å². The molecule has 0 aliphatic carbocycles. The highest BCUT2D eigenvalue weighted by molar-refractivity contribution is 7.10. The van der Waals surface area contributed by atoms with E-state index in [4.69, 9.17) is 0 Å². The maximum absolute atomic E-state index is 12.7. The highest BCUT2D eigenvalue weighted by atomic mass is 32.1. The Morgan fingerprint density at radius 3 is 2.65 bits per heavy atom. The molecule has 4 rings (SSSR count). The number of allylic oxidation sites excluding steroid dienone is 1. The van der Waals surface area contributed by atoms with E-state index < -0.39 is 5.41 Å². The molecule has 0 saturated heterocycles. The Balaban J connectivity index is 1.57. The number of anilines is 2. The van der Waals surface area contributed by atoms with Gasteiger partial charge in [-0.1, -0.05) is 32.9 Å². The van der Waals surface area contributed by atoms with Gasteiger partial charge in [-0.15, -0.1) is 11.3 Å². The molecule has 31 heavy (non-hydrogen) atoms. The molecular formula is C23H20N6OS. The third-order valence-electron chi connectivity index (χ3n) is 4.58. The Morgan fingerprint density at radius 2 is 2.00 bits per heavy atom. The summed E-state index contributed by atoms with van der Waals surface area (Å²) in [6, 6.07) is 9.80. The number of fused-ring (bicyclic) bond motifs is 1. The summed E-state index contributed by atoms with van der Waals surface area (Å²) in [6.45, 7) is 5.64. The minimum Gasteiger partial charge on any atom is -0.344 e. The maximum Gasteiger partial charge on any atom is 0.171 e. The number of hydrogen-bond acceptors (Lipinski definition) is 7. The number of carbonyl (C=O) groups is 1. The number of nitriles is 1. The molecule has 0 atom stereocenters. The van der Waals surface area contributed by atoms with Crippen molar-refractivity contribution in [3.8, 4) is 6.07 Å². The minimum absolute atomic E-state index is 0.00914. The lowest BCUT2D eigenvalue weighted by Gasteiger charge is -2.15. The van der Waals surface area contributed by atoms with E-state index in [0.717, 1.165) is 11.3 Å². The van der Waals surface area contributed by atoms with Crippen LogP contribution in [0.5, 0.6) is 0 Å². The summed E-state index contributed by atoms with van der Waals surface area (Å²) in [4.78, 5) is 28.9. The number of aromatic amines is 1. The van der Waals surface area contributed by atoms with E-state index in [0.29, 0.717) is 33.1 Å². The van der Waals surface area contributed by atoms with Gasteiger partial charge in [-0.25, -0.2) is 15.0 Å². The number of hydrogen-bond donors (Lipinski definition) is 2. The molecule has 8 heteroatoms. The van der Waals surface area contributed by atoms with Gasteiger partial charge < -0.3 is 10.3 Å². The summed E-state index contributed by atoms with van der Waals surface area (Å²) >= 11 is 1.43. The van der Waals surface area contributed by atoms with Crippen molar-refractivity contribution in [2.45, 2.75) is 20.8 Å². The molecule has 0 unspecified atom stereocenters. The van der Waals surface area contributed by atoms with Crippen LogP contribution in [-0.2, 0) is 0 Å². The van der Waals surface area contributed by atoms with Gasteiger partial charge in [0.05, 0.1) is 17.3 Å². The fourth-order valence-electron chi connectivity index (χ4n) is 3.00. The Morgan fingerprint density at radius 1 is 1.23 bits per heavy atom. The molecule has 0 amide bonds. The van der Waals surface area contributed by atoms with Crippen molar-refractivity contribution in [2.75, 3.05) is 5.32 Å². The number of carbonyl (C=O) groups excluding carboxylic acids is 1. The van der Waals surface area contributed by atoms with Crippen molar-refractivity contribution < 1.29 is 4.79 Å². The first-order chi connectivity index (χ1) is 14.8. The van der Waals surface area contributed by atoms with E-state index in [-0.39, 0.29) is 5.78 Å². The molecule has 0 radical (unpaired) electrons. The molecule has 7 nitrogen and oxygen atoms in total. The molecule has 0 spiro atoms. The van der Waals surface area contributed by atoms with Crippen molar-refractivity contribution in [2.24, 2.45) is 5.41 Å². The fraction of sp³-hybridized carbons (Fsp3) is 0.174. The lowest BCUT2D eigenvalue weighted by Crippen LogP contribution is -2.20. The summed E-state index contributed by atoms with van der Waals surface area (Å²) in [5.74, 6) is 0.550. The van der Waals surface area contributed by atoms with Gasteiger partial charge in [0.2, 0.25) is 0 Å². The van der Waals surface area contributed by atoms with E-state index in [2.05, 4.69) is 31.3 Å². The first-order valence-corrected chi connectivity index (χ1v) is 10.5. The van der Waals surface area contributed by atoms with Gasteiger partial charge in [0, 0.05) is 28.9 Å². The molecule has 4 aromatic rings. The SMILES string of the molecule is CC(C)(C)C(=O)c1c[nH]c2ncc(Nc3ccc(/C=C(/C#N)c4nccs4)cc3)nc12. The number of H-pyrrole nitrogens is 1. The van der Waals surface area contributed by atoms with E-state index in [9.17, 15) is 10.1 Å². The predicted molar refractivity (Wildman–Crippen MR) is 123 cm³/mol. The predicted octanol–water partition coefficient (Wildman–Crippen LogP) is 5.45. The molecule has 0 fully saturated rings. The average molecular weight is 429 g/mol. The molecular weight excluding hydrogens is 408 g/mol. The fourth-order valence-corrected chi connectivity index (χ4v) is 3.61. The zero-order valence-corrected chi connectivity index (χ0v) is 18.1. The summed E-state index contributed by atoms with van der Waals surface area (Å²) in [6.07, 6.45) is 6.77. The van der Waals surface area contributed by atoms with Crippen LogP contribution in [0.2, 0.25) is 0 Å². The number of aromatic nitrogens is 4. The third-order valence-corrected chi connectivity index (χ3v) is 5.39. The maximum atomic E-state index is 12.7. The van der Waals surface area contributed by atoms with Crippen LogP contribution in [0.25, 0.3) is 22.8 Å². The van der Waals surface area contributed by atoms with Crippen LogP contribution in [0.4, 0.5) is 11.5 Å². The van der Waals surface area contributed by atoms with Gasteiger partial charge >= 0.3 is 0 Å². The third kappa shape index (κ3) is 4.37. The minimum atomic E-state index is -0.509. The molecule has 0 saturated carbocycles. The first-order valence-electron chi connectivity index (χ1n) is 9.63. The summed E-state index contributed by atoms with van der Waals surface area (Å²) < 4.78 is 0. The second-order valence-electron chi connectivity index (χ2n) is 7.99. The second kappa shape index (κ2) is 8.13. The normalized spacial score (nSPS) is 12.0. The van der Waals surface area contributed by atoms with E-state index in [1.54, 1.807) is 24.7 Å². The van der Waals surface area contributed by atoms with Crippen LogP contribution in [0.3, 0.4) is 0 Å². The smallest absolute Gasteiger partial charge is 0.171 e. The van der Waals surface area contributed by atoms with Crippen molar-refractivity contribution >= 4 is 51.4 Å². The number of Topliss-reactive ketones (excluding diaryl/α,β-unsaturated/α-hetero) is 1. The van der Waals surface area contributed by atoms with Crippen LogP contribution < -0.4 is 5.32 Å². The number of rotatable bonds is 5. The van der Waals surface area contributed by atoms with Gasteiger partial charge in [-0.2, -0.15) is 5.26 Å². The molecule has 1 aromatic carbocycles. The zero-order chi connectivity index (χ0) is 22.0. The largest absolute Gasteiger partial charge is 0.344 e. The number of nitrogens with one attached hydrogen (secondary N) is 2. The molecule has 3 heterocycles. The van der Waals surface area contributed by atoms with Gasteiger partial charge in [-0.05, 0) is 23.8 Å². The number of thiazole rings is 1. The highest BCUT2D eigenvalue weighted by Crippen LogP contribution is 2.26. The Kier molecular flexibility index (Phi) is 5.36. The molecule has 2 N–H and O–H groups in total. The van der Waals surface area contributed by atoms with Crippen LogP contribution >= 0.6 is 11.3 Å². The number of ketones is 1. The van der Waals surface area contributed by atoms with E-state index >= 15 is 0 Å². The summed E-state index contributed by atoms with van der Waals surface area (Å²) in [5.41, 5.74) is 3.38. The summed E-state index contributed by atoms with van der Waals surface area (Å²) in [5, 5.41) is 15.1. The van der Waals surface area contributed by atoms with Crippen LogP contribution in [0.15, 0.2) is 48.2 Å². The standard InChI is InChI=1S/C23H20N6OS/c1-23(2,3)20(30)17-12-26-21-19(17)29-18(13-27-21)28-16-6-4-14(5-7-16)10-15(11-24)22-25-8-9-31-22/h4-10,12-13H,1-3H3,(H,26,27)(H,28,29)/b15-10-. The quantitative estimate of drug-likeness (QED) is 0.323. The van der Waals surface area contributed by atoms with Crippen molar-refractivity contribution in [3.05, 3.63) is 64.4 Å². The average Bonchev–Trinajstić information content (AvgIpc) is 3.42. The van der Waals surface area contributed by atoms with Crippen LogP contribution in [0, 0.1) is 16.7 Å². The Hall–Kier alpha value is -3.83. The number of nitrogens with zero attached hydrogens (tertiary/aromatic N) is 4. The first kappa shape index (κ1) is 20.4. The second-order valence-corrected chi connectivity index (χ2v) is 8.88. The molecule has 0 bridgehead atoms. The number of benzene rings is 1. The van der Waals surface area contributed by atoms with Gasteiger partial charge in [0.1, 0.15) is 22.4 Å². The Labute approximate surface area is 183 Å². The molecule has 0 aliphatic heterocycles. The Bertz CT molecular complexity index is 1310. The van der Waals surface area contributed by atoms with Crippen molar-refractivity contribution in [1.82, 2.24) is 19.9 Å². The molecule has 0 aliphatic rings. The lowest BCUT2D eigenvalue weighted by atomic mass is 9.87. The molecule has 3 aromatic heterocycles. The van der Waals surface area contributed by atoms with Crippen LogP contribution in [0.1, 0.15) is 41.7 Å². The zero-order valence-electron chi connectivity index (χ0n) is 17.3. The van der Waals surface area contributed by atoms with Crippen molar-refractivity contribution in [1.29, 1.82) is 5.26 Å². The topological polar surface area (TPSA) is 107 Å². The van der Waals surface area contributed by atoms with E-state index in [1.165, 1.54) is 11.3 Å². The summed E-state index contributed by atoms with van der Waals surface area (Å²) in [7, 11) is 0. The monoisotopic (exact) mass is 428 g/mol. The van der Waals surface area contributed by atoms with Crippen molar-refractivity contribution in [3.63, 3.8) is 0 Å². The highest BCUT2D eigenvalue weighted by Gasteiger charge is 2.26.